The van der Waals surface area contributed by atoms with Gasteiger partial charge in [0, 0.05) is 22.9 Å². The Labute approximate surface area is 171 Å². The first-order valence-corrected chi connectivity index (χ1v) is 10.5. The van der Waals surface area contributed by atoms with Gasteiger partial charge in [-0.05, 0) is 42.9 Å². The SMILES string of the molecule is [C-]#[N+]c1cccc2c1oc1c(-c3cccc[n+]3C)c(C)cc(C3CCCCC3)c12. The third-order valence-electron chi connectivity index (χ3n) is 6.45. The molecule has 1 aliphatic rings. The summed E-state index contributed by atoms with van der Waals surface area (Å²) in [6.07, 6.45) is 8.48. The Morgan fingerprint density at radius 2 is 1.86 bits per heavy atom. The molecule has 0 N–H and O–H groups in total. The molecule has 1 saturated carbocycles. The fourth-order valence-corrected chi connectivity index (χ4v) is 5.05. The summed E-state index contributed by atoms with van der Waals surface area (Å²) in [6, 6.07) is 14.6. The molecule has 0 amide bonds. The second-order valence-electron chi connectivity index (χ2n) is 8.26. The maximum Gasteiger partial charge on any atom is 0.229 e. The van der Waals surface area contributed by atoms with Gasteiger partial charge < -0.3 is 4.42 Å². The smallest absolute Gasteiger partial charge is 0.229 e. The summed E-state index contributed by atoms with van der Waals surface area (Å²) in [7, 11) is 2.07. The van der Waals surface area contributed by atoms with Crippen LogP contribution in [0.4, 0.5) is 5.69 Å². The van der Waals surface area contributed by atoms with Gasteiger partial charge in [-0.15, -0.1) is 0 Å². The lowest BCUT2D eigenvalue weighted by Crippen LogP contribution is -2.30. The number of rotatable bonds is 2. The van der Waals surface area contributed by atoms with Crippen molar-refractivity contribution in [3.8, 4) is 11.3 Å². The van der Waals surface area contributed by atoms with Crippen molar-refractivity contribution in [2.45, 2.75) is 44.9 Å². The number of benzene rings is 2. The quantitative estimate of drug-likeness (QED) is 0.271. The molecule has 3 nitrogen and oxygen atoms in total. The number of furan rings is 1. The molecule has 3 heteroatoms. The van der Waals surface area contributed by atoms with E-state index in [9.17, 15) is 0 Å². The van der Waals surface area contributed by atoms with Gasteiger partial charge in [0.05, 0.1) is 12.1 Å². The highest BCUT2D eigenvalue weighted by atomic mass is 16.3. The summed E-state index contributed by atoms with van der Waals surface area (Å²) >= 11 is 0. The fourth-order valence-electron chi connectivity index (χ4n) is 5.05. The average Bonchev–Trinajstić information content (AvgIpc) is 3.14. The number of hydrogen-bond acceptors (Lipinski definition) is 1. The van der Waals surface area contributed by atoms with Crippen molar-refractivity contribution in [3.05, 3.63) is 71.2 Å². The summed E-state index contributed by atoms with van der Waals surface area (Å²) in [5, 5.41) is 2.29. The van der Waals surface area contributed by atoms with Crippen LogP contribution in [0.25, 0.3) is 38.0 Å². The van der Waals surface area contributed by atoms with Crippen LogP contribution >= 0.6 is 0 Å². The van der Waals surface area contributed by atoms with Crippen molar-refractivity contribution in [2.24, 2.45) is 7.05 Å². The van der Waals surface area contributed by atoms with Crippen LogP contribution < -0.4 is 4.57 Å². The molecule has 2 aromatic heterocycles. The van der Waals surface area contributed by atoms with E-state index in [1.807, 2.05) is 18.2 Å². The van der Waals surface area contributed by atoms with Crippen molar-refractivity contribution in [1.29, 1.82) is 0 Å². The molecule has 0 radical (unpaired) electrons. The normalized spacial score (nSPS) is 15.1. The highest BCUT2D eigenvalue weighted by molar-refractivity contribution is 6.14. The molecule has 0 aliphatic heterocycles. The van der Waals surface area contributed by atoms with Crippen molar-refractivity contribution in [1.82, 2.24) is 0 Å². The maximum atomic E-state index is 7.60. The zero-order chi connectivity index (χ0) is 20.0. The summed E-state index contributed by atoms with van der Waals surface area (Å²) < 4.78 is 8.64. The number of aryl methyl sites for hydroxylation is 2. The largest absolute Gasteiger partial charge is 0.466 e. The third kappa shape index (κ3) is 2.83. The minimum atomic E-state index is 0.570. The Morgan fingerprint density at radius 1 is 1.03 bits per heavy atom. The zero-order valence-corrected chi connectivity index (χ0v) is 17.0. The first-order chi connectivity index (χ1) is 14.2. The fraction of sp³-hybridized carbons (Fsp3) is 0.308. The van der Waals surface area contributed by atoms with Crippen LogP contribution in [0.3, 0.4) is 0 Å². The van der Waals surface area contributed by atoms with Gasteiger partial charge in [-0.3, -0.25) is 0 Å². The van der Waals surface area contributed by atoms with Gasteiger partial charge in [0.25, 0.3) is 0 Å². The van der Waals surface area contributed by atoms with E-state index in [2.05, 4.69) is 53.8 Å². The molecule has 2 aromatic carbocycles. The molecule has 0 saturated heterocycles. The molecule has 4 aromatic rings. The molecular weight excluding hydrogens is 356 g/mol. The number of fused-ring (bicyclic) bond motifs is 3. The Balaban J connectivity index is 1.92. The number of hydrogen-bond donors (Lipinski definition) is 0. The first-order valence-electron chi connectivity index (χ1n) is 10.5. The van der Waals surface area contributed by atoms with Crippen molar-refractivity contribution >= 4 is 27.6 Å². The molecule has 2 heterocycles. The summed E-state index contributed by atoms with van der Waals surface area (Å²) in [4.78, 5) is 3.73. The van der Waals surface area contributed by atoms with Crippen LogP contribution in [0.1, 0.15) is 49.1 Å². The van der Waals surface area contributed by atoms with Gasteiger partial charge in [-0.25, -0.2) is 9.41 Å². The van der Waals surface area contributed by atoms with Gasteiger partial charge in [0.1, 0.15) is 18.2 Å². The lowest BCUT2D eigenvalue weighted by Gasteiger charge is -2.23. The van der Waals surface area contributed by atoms with E-state index in [1.54, 1.807) is 0 Å². The number of para-hydroxylation sites is 1. The van der Waals surface area contributed by atoms with Crippen molar-refractivity contribution in [3.63, 3.8) is 0 Å². The summed E-state index contributed by atoms with van der Waals surface area (Å²) in [5.74, 6) is 0.570. The van der Waals surface area contributed by atoms with Crippen LogP contribution in [-0.4, -0.2) is 0 Å². The molecule has 0 unspecified atom stereocenters. The van der Waals surface area contributed by atoms with E-state index in [-0.39, 0.29) is 0 Å². The molecular formula is C26H25N2O+. The van der Waals surface area contributed by atoms with E-state index in [1.165, 1.54) is 48.6 Å². The Morgan fingerprint density at radius 3 is 2.62 bits per heavy atom. The minimum Gasteiger partial charge on any atom is -0.466 e. The Bertz CT molecular complexity index is 1270. The highest BCUT2D eigenvalue weighted by Gasteiger charge is 2.27. The Hall–Kier alpha value is -3.12. The average molecular weight is 381 g/mol. The van der Waals surface area contributed by atoms with Gasteiger partial charge in [0.2, 0.25) is 11.4 Å². The third-order valence-corrected chi connectivity index (χ3v) is 6.45. The highest BCUT2D eigenvalue weighted by Crippen LogP contribution is 2.46. The van der Waals surface area contributed by atoms with Crippen LogP contribution in [0.2, 0.25) is 0 Å². The van der Waals surface area contributed by atoms with E-state index in [0.29, 0.717) is 11.6 Å². The van der Waals surface area contributed by atoms with E-state index < -0.39 is 0 Å². The van der Waals surface area contributed by atoms with E-state index in [0.717, 1.165) is 27.8 Å². The van der Waals surface area contributed by atoms with Crippen LogP contribution in [0.15, 0.2) is 53.1 Å². The molecule has 1 aliphatic carbocycles. The lowest BCUT2D eigenvalue weighted by molar-refractivity contribution is -0.660. The second-order valence-corrected chi connectivity index (χ2v) is 8.26. The molecule has 29 heavy (non-hydrogen) atoms. The first kappa shape index (κ1) is 17.9. The number of pyridine rings is 1. The van der Waals surface area contributed by atoms with Gasteiger partial charge in [-0.2, -0.15) is 0 Å². The second kappa shape index (κ2) is 7.04. The van der Waals surface area contributed by atoms with Gasteiger partial charge in [0.15, 0.2) is 6.20 Å². The predicted octanol–water partition coefficient (Wildman–Crippen LogP) is 6.98. The zero-order valence-electron chi connectivity index (χ0n) is 17.0. The van der Waals surface area contributed by atoms with Crippen molar-refractivity contribution < 1.29 is 8.98 Å². The molecule has 0 bridgehead atoms. The summed E-state index contributed by atoms with van der Waals surface area (Å²) in [6.45, 7) is 9.80. The summed E-state index contributed by atoms with van der Waals surface area (Å²) in [5.41, 5.74) is 7.15. The standard InChI is InChI=1S/C26H25N2O/c1-17-16-20(18-10-5-4-6-11-18)24-19-12-9-13-21(27-2)25(19)29-26(24)23(17)22-14-7-8-15-28(22)3/h7-9,12-16,18H,4-6,10-11H2,1,3H3/q+1. The number of nitrogens with zero attached hydrogens (tertiary/aromatic N) is 2. The number of aromatic nitrogens is 1. The van der Waals surface area contributed by atoms with Crippen LogP contribution in [-0.2, 0) is 7.05 Å². The Kier molecular flexibility index (Phi) is 4.36. The molecule has 0 atom stereocenters. The van der Waals surface area contributed by atoms with E-state index >= 15 is 0 Å². The van der Waals surface area contributed by atoms with Crippen molar-refractivity contribution in [2.75, 3.05) is 0 Å². The predicted molar refractivity (Wildman–Crippen MR) is 117 cm³/mol. The minimum absolute atomic E-state index is 0.570. The lowest BCUT2D eigenvalue weighted by atomic mass is 9.81. The van der Waals surface area contributed by atoms with E-state index in [4.69, 9.17) is 11.0 Å². The van der Waals surface area contributed by atoms with Crippen LogP contribution in [0.5, 0.6) is 0 Å². The molecule has 1 fully saturated rings. The molecule has 144 valence electrons. The molecule has 0 spiro atoms. The van der Waals surface area contributed by atoms with Crippen LogP contribution in [0, 0.1) is 13.5 Å². The topological polar surface area (TPSA) is 21.4 Å². The monoisotopic (exact) mass is 381 g/mol. The van der Waals surface area contributed by atoms with Gasteiger partial charge in [-0.1, -0.05) is 43.5 Å². The maximum absolute atomic E-state index is 7.60. The molecule has 5 rings (SSSR count). The van der Waals surface area contributed by atoms with Gasteiger partial charge >= 0.3 is 0 Å².